The van der Waals surface area contributed by atoms with Crippen molar-refractivity contribution in [2.75, 3.05) is 5.73 Å². The number of anilines is 1. The Hall–Kier alpha value is -2.12. The molecule has 0 amide bonds. The zero-order valence-corrected chi connectivity index (χ0v) is 27.4. The van der Waals surface area contributed by atoms with Crippen LogP contribution in [0.5, 0.6) is 0 Å². The van der Waals surface area contributed by atoms with Crippen LogP contribution in [0.15, 0.2) is 43.0 Å². The first-order valence-electron chi connectivity index (χ1n) is 14.0. The smallest absolute Gasteiger partial charge is 0.192 e. The molecule has 4 rings (SSSR count). The lowest BCUT2D eigenvalue weighted by Crippen LogP contribution is -2.52. The first kappa shape index (κ1) is 29.9. The molecule has 10 heteroatoms. The maximum atomic E-state index is 7.17. The van der Waals surface area contributed by atoms with Gasteiger partial charge in [0.2, 0.25) is 0 Å². The Bertz CT molecular complexity index is 1270. The molecule has 1 aliphatic heterocycles. The highest BCUT2D eigenvalue weighted by molar-refractivity contribution is 6.74. The van der Waals surface area contributed by atoms with Crippen LogP contribution in [0.2, 0.25) is 36.3 Å². The van der Waals surface area contributed by atoms with Crippen molar-refractivity contribution in [3.8, 4) is 0 Å². The van der Waals surface area contributed by atoms with E-state index in [0.29, 0.717) is 23.4 Å². The van der Waals surface area contributed by atoms with Gasteiger partial charge in [0.15, 0.2) is 28.1 Å². The normalized spacial score (nSPS) is 21.9. The van der Waals surface area contributed by atoms with E-state index in [1.807, 2.05) is 4.57 Å². The summed E-state index contributed by atoms with van der Waals surface area (Å²) in [5.74, 6) is 0.366. The minimum absolute atomic E-state index is 0.0602. The summed E-state index contributed by atoms with van der Waals surface area (Å²) in [6, 6.07) is 10.6. The number of rotatable bonds is 8. The zero-order valence-electron chi connectivity index (χ0n) is 25.4. The molecule has 3 heterocycles. The molecule has 0 radical (unpaired) electrons. The third-order valence-electron chi connectivity index (χ3n) is 8.96. The Labute approximate surface area is 236 Å². The fraction of sp³-hybridized carbons (Fsp3) is 0.621. The molecule has 2 N–H and O–H groups in total. The molecule has 8 nitrogen and oxygen atoms in total. The van der Waals surface area contributed by atoms with Gasteiger partial charge in [-0.2, -0.15) is 0 Å². The second-order valence-electron chi connectivity index (χ2n) is 13.9. The highest BCUT2D eigenvalue weighted by Gasteiger charge is 2.50. The van der Waals surface area contributed by atoms with Crippen molar-refractivity contribution >= 4 is 33.6 Å². The van der Waals surface area contributed by atoms with Crippen molar-refractivity contribution in [1.29, 1.82) is 0 Å². The van der Waals surface area contributed by atoms with E-state index in [-0.39, 0.29) is 34.6 Å². The summed E-state index contributed by atoms with van der Waals surface area (Å²) >= 11 is 0. The van der Waals surface area contributed by atoms with Crippen LogP contribution in [0.4, 0.5) is 5.82 Å². The van der Waals surface area contributed by atoms with Gasteiger partial charge >= 0.3 is 0 Å². The van der Waals surface area contributed by atoms with Gasteiger partial charge in [-0.05, 0) is 41.8 Å². The Balaban J connectivity index is 1.75. The molecule has 1 aromatic carbocycles. The number of benzene rings is 1. The molecule has 39 heavy (non-hydrogen) atoms. The van der Waals surface area contributed by atoms with E-state index in [1.54, 1.807) is 6.33 Å². The van der Waals surface area contributed by atoms with Gasteiger partial charge in [-0.15, -0.1) is 0 Å². The molecule has 2 aromatic heterocycles. The summed E-state index contributed by atoms with van der Waals surface area (Å²) in [6.45, 7) is 22.9. The monoisotopic (exact) mass is 569 g/mol. The number of hydrogen-bond acceptors (Lipinski definition) is 7. The minimum atomic E-state index is -2.13. The predicted molar refractivity (Wildman–Crippen MR) is 163 cm³/mol. The van der Waals surface area contributed by atoms with Crippen LogP contribution in [-0.2, 0) is 20.0 Å². The topological polar surface area (TPSA) is 97.3 Å². The molecular formula is C29H47N5O3Si2. The third-order valence-corrected chi connectivity index (χ3v) is 18.0. The van der Waals surface area contributed by atoms with Gasteiger partial charge in [0, 0.05) is 12.8 Å². The van der Waals surface area contributed by atoms with Crippen molar-refractivity contribution in [2.24, 2.45) is 0 Å². The number of aromatic nitrogens is 4. The Morgan fingerprint density at radius 3 is 2.23 bits per heavy atom. The Morgan fingerprint density at radius 2 is 1.62 bits per heavy atom. The maximum absolute atomic E-state index is 7.17. The molecule has 1 fully saturated rings. The summed E-state index contributed by atoms with van der Waals surface area (Å²) in [5.41, 5.74) is 8.58. The second kappa shape index (κ2) is 10.7. The number of nitrogen functional groups attached to an aromatic ring is 1. The lowest BCUT2D eigenvalue weighted by atomic mass is 10.0. The number of nitrogens with two attached hydrogens (primary N) is 1. The van der Waals surface area contributed by atoms with Crippen LogP contribution in [0.1, 0.15) is 59.8 Å². The average molecular weight is 570 g/mol. The van der Waals surface area contributed by atoms with Crippen molar-refractivity contribution in [3.63, 3.8) is 0 Å². The van der Waals surface area contributed by atoms with Crippen LogP contribution in [0, 0.1) is 0 Å². The first-order valence-corrected chi connectivity index (χ1v) is 19.8. The van der Waals surface area contributed by atoms with Gasteiger partial charge in [0.25, 0.3) is 0 Å². The molecule has 4 atom stereocenters. The minimum Gasteiger partial charge on any atom is -0.411 e. The summed E-state index contributed by atoms with van der Waals surface area (Å²) < 4.78 is 23.2. The van der Waals surface area contributed by atoms with Crippen LogP contribution in [0.25, 0.3) is 11.2 Å². The molecule has 1 saturated heterocycles. The lowest BCUT2D eigenvalue weighted by molar-refractivity contribution is -0.0739. The Kier molecular flexibility index (Phi) is 8.19. The van der Waals surface area contributed by atoms with Crippen LogP contribution in [0.3, 0.4) is 0 Å². The van der Waals surface area contributed by atoms with Gasteiger partial charge in [-0.3, -0.25) is 4.57 Å². The van der Waals surface area contributed by atoms with Gasteiger partial charge in [-0.25, -0.2) is 15.0 Å². The van der Waals surface area contributed by atoms with Crippen LogP contribution in [-0.4, -0.2) is 54.5 Å². The molecule has 0 aliphatic carbocycles. The molecule has 3 aromatic rings. The highest BCUT2D eigenvalue weighted by Crippen LogP contribution is 2.44. The summed E-state index contributed by atoms with van der Waals surface area (Å²) in [4.78, 5) is 13.1. The van der Waals surface area contributed by atoms with Gasteiger partial charge in [0.1, 0.15) is 24.2 Å². The van der Waals surface area contributed by atoms with Crippen molar-refractivity contribution in [3.05, 3.63) is 48.5 Å². The van der Waals surface area contributed by atoms with Crippen molar-refractivity contribution < 1.29 is 13.6 Å². The zero-order chi connectivity index (χ0) is 28.8. The quantitative estimate of drug-likeness (QED) is 0.301. The average Bonchev–Trinajstić information content (AvgIpc) is 3.42. The number of hydrogen-bond donors (Lipinski definition) is 1. The first-order chi connectivity index (χ1) is 18.0. The highest BCUT2D eigenvalue weighted by atomic mass is 28.4. The summed E-state index contributed by atoms with van der Waals surface area (Å²) in [5, 5.41) is 0.124. The molecule has 1 aliphatic rings. The second-order valence-corrected chi connectivity index (χ2v) is 23.4. The van der Waals surface area contributed by atoms with E-state index in [9.17, 15) is 0 Å². The molecule has 214 valence electrons. The van der Waals surface area contributed by atoms with E-state index >= 15 is 0 Å². The van der Waals surface area contributed by atoms with Crippen LogP contribution < -0.4 is 5.73 Å². The number of fused-ring (bicyclic) bond motifs is 1. The lowest BCUT2D eigenvalue weighted by Gasteiger charge is -2.43. The van der Waals surface area contributed by atoms with Gasteiger partial charge in [0.05, 0.1) is 18.5 Å². The SMILES string of the molecule is CC(C)(C)[Si](C)(C)OC(Cc1ccccc1)[C@H]1O[C@@H](n2cnc3c(N)ncnc32)C[C@@H]1O[Si](C)(C)C(C)(C)C. The molecule has 0 bridgehead atoms. The van der Waals surface area contributed by atoms with Gasteiger partial charge in [-0.1, -0.05) is 71.9 Å². The molecule has 0 saturated carbocycles. The van der Waals surface area contributed by atoms with E-state index in [0.717, 1.165) is 6.42 Å². The predicted octanol–water partition coefficient (Wildman–Crippen LogP) is 6.72. The van der Waals surface area contributed by atoms with Crippen molar-refractivity contribution in [2.45, 2.75) is 115 Å². The van der Waals surface area contributed by atoms with Crippen molar-refractivity contribution in [1.82, 2.24) is 19.5 Å². The Morgan fingerprint density at radius 1 is 0.974 bits per heavy atom. The third kappa shape index (κ3) is 6.30. The van der Waals surface area contributed by atoms with E-state index in [1.165, 1.54) is 11.9 Å². The number of imidazole rings is 1. The van der Waals surface area contributed by atoms with E-state index < -0.39 is 16.6 Å². The largest absolute Gasteiger partial charge is 0.411 e. The summed E-state index contributed by atoms with van der Waals surface area (Å²) in [7, 11) is -4.25. The fourth-order valence-electron chi connectivity index (χ4n) is 4.54. The number of ether oxygens (including phenoxy) is 1. The molecular weight excluding hydrogens is 523 g/mol. The summed E-state index contributed by atoms with van der Waals surface area (Å²) in [6.07, 6.45) is 3.81. The molecule has 1 unspecified atom stereocenters. The maximum Gasteiger partial charge on any atom is 0.192 e. The number of nitrogens with zero attached hydrogens (tertiary/aromatic N) is 4. The van der Waals surface area contributed by atoms with E-state index in [2.05, 4.69) is 113 Å². The van der Waals surface area contributed by atoms with Crippen LogP contribution >= 0.6 is 0 Å². The van der Waals surface area contributed by atoms with E-state index in [4.69, 9.17) is 19.3 Å². The van der Waals surface area contributed by atoms with Gasteiger partial charge < -0.3 is 19.3 Å². The fourth-order valence-corrected chi connectivity index (χ4v) is 7.21. The standard InChI is InChI=1S/C29H47N5O3Si2/c1-28(2,3)38(7,8)36-21(16-20-14-12-11-13-15-20)25-22(37-39(9,10)29(4,5)6)17-23(35-25)34-19-33-24-26(30)31-18-32-27(24)34/h11-15,18-19,21-23,25H,16-17H2,1-10H3,(H2,30,31,32)/t21?,22-,23+,25+/m0/s1. The molecule has 0 spiro atoms.